The van der Waals surface area contributed by atoms with E-state index < -0.39 is 0 Å². The molecule has 1 N–H and O–H groups in total. The fourth-order valence-electron chi connectivity index (χ4n) is 5.97. The average molecular weight is 551 g/mol. The normalized spacial score (nSPS) is 11.3. The lowest BCUT2D eigenvalue weighted by Crippen LogP contribution is -2.14. The molecule has 0 saturated heterocycles. The smallest absolute Gasteiger partial charge is 0.309 e. The molecule has 0 unspecified atom stereocenters. The van der Waals surface area contributed by atoms with Gasteiger partial charge in [-0.2, -0.15) is 0 Å². The maximum absolute atomic E-state index is 5.03. The molecule has 43 heavy (non-hydrogen) atoms. The van der Waals surface area contributed by atoms with Crippen molar-refractivity contribution in [3.8, 4) is 50.7 Å². The first-order valence-corrected chi connectivity index (χ1v) is 14.6. The van der Waals surface area contributed by atoms with Gasteiger partial charge in [0.2, 0.25) is 0 Å². The Morgan fingerprint density at radius 1 is 0.419 bits per heavy atom. The molecular weight excluding hydrogens is 522 g/mol. The summed E-state index contributed by atoms with van der Waals surface area (Å²) in [5, 5.41) is 2.55. The van der Waals surface area contributed by atoms with Gasteiger partial charge in [-0.25, -0.2) is 4.98 Å². The number of hydrogen-bond donors (Lipinski definition) is 0. The van der Waals surface area contributed by atoms with E-state index in [1.807, 2.05) is 12.1 Å². The maximum atomic E-state index is 5.03. The van der Waals surface area contributed by atoms with Gasteiger partial charge in [-0.05, 0) is 52.5 Å². The van der Waals surface area contributed by atoms with Crippen molar-refractivity contribution in [3.63, 3.8) is 0 Å². The molecule has 0 fully saturated rings. The summed E-state index contributed by atoms with van der Waals surface area (Å²) in [6, 6.07) is 57.6. The number of rotatable bonds is 5. The number of aromatic amines is 1. The van der Waals surface area contributed by atoms with Gasteiger partial charge in [-0.15, -0.1) is 0 Å². The molecule has 0 aliphatic rings. The number of para-hydroxylation sites is 2. The van der Waals surface area contributed by atoms with Crippen molar-refractivity contribution in [1.29, 1.82) is 0 Å². The molecule has 2 aromatic heterocycles. The van der Waals surface area contributed by atoms with Gasteiger partial charge in [0.15, 0.2) is 5.69 Å². The highest BCUT2D eigenvalue weighted by Gasteiger charge is 2.18. The Balaban J connectivity index is 1.15. The van der Waals surface area contributed by atoms with Crippen LogP contribution in [0.25, 0.3) is 72.5 Å². The van der Waals surface area contributed by atoms with Crippen molar-refractivity contribution in [3.05, 3.63) is 164 Å². The van der Waals surface area contributed by atoms with Crippen LogP contribution >= 0.6 is 0 Å². The number of aromatic nitrogens is 3. The Morgan fingerprint density at radius 3 is 1.51 bits per heavy atom. The van der Waals surface area contributed by atoms with Crippen molar-refractivity contribution < 1.29 is 4.98 Å². The molecule has 8 rings (SSSR count). The van der Waals surface area contributed by atoms with Crippen LogP contribution in [0.2, 0.25) is 0 Å². The summed E-state index contributed by atoms with van der Waals surface area (Å²) < 4.78 is 2.35. The van der Waals surface area contributed by atoms with E-state index >= 15 is 0 Å². The molecule has 3 heteroatoms. The highest BCUT2D eigenvalue weighted by Crippen LogP contribution is 2.33. The monoisotopic (exact) mass is 550 g/mol. The summed E-state index contributed by atoms with van der Waals surface area (Å²) >= 11 is 0. The van der Waals surface area contributed by atoms with E-state index in [0.717, 1.165) is 39.6 Å². The second-order valence-electron chi connectivity index (χ2n) is 10.8. The van der Waals surface area contributed by atoms with Gasteiger partial charge < -0.3 is 4.57 Å². The van der Waals surface area contributed by atoms with Crippen LogP contribution in [0.1, 0.15) is 0 Å². The van der Waals surface area contributed by atoms with E-state index in [0.29, 0.717) is 0 Å². The second-order valence-corrected chi connectivity index (χ2v) is 10.8. The van der Waals surface area contributed by atoms with Crippen molar-refractivity contribution in [2.45, 2.75) is 0 Å². The van der Waals surface area contributed by atoms with Gasteiger partial charge in [-0.1, -0.05) is 121 Å². The van der Waals surface area contributed by atoms with Gasteiger partial charge in [0.1, 0.15) is 5.69 Å². The van der Waals surface area contributed by atoms with Crippen LogP contribution in [0.15, 0.2) is 164 Å². The van der Waals surface area contributed by atoms with Gasteiger partial charge in [0.05, 0.1) is 16.6 Å². The highest BCUT2D eigenvalue weighted by atomic mass is 15.0. The zero-order valence-corrected chi connectivity index (χ0v) is 23.5. The number of benzene rings is 6. The average Bonchev–Trinajstić information content (AvgIpc) is 3.43. The lowest BCUT2D eigenvalue weighted by molar-refractivity contribution is -0.355. The minimum Gasteiger partial charge on any atom is -0.309 e. The van der Waals surface area contributed by atoms with E-state index in [1.54, 1.807) is 0 Å². The Labute approximate surface area is 250 Å². The minimum atomic E-state index is 0.841. The molecular formula is C40H28N3+. The third-order valence-electron chi connectivity index (χ3n) is 8.12. The Morgan fingerprint density at radius 2 is 0.907 bits per heavy atom. The molecule has 0 saturated carbocycles. The maximum Gasteiger partial charge on any atom is 0.329 e. The molecule has 0 atom stereocenters. The van der Waals surface area contributed by atoms with Gasteiger partial charge in [0.25, 0.3) is 0 Å². The lowest BCUT2D eigenvalue weighted by atomic mass is 10.0. The highest BCUT2D eigenvalue weighted by molar-refractivity contribution is 6.09. The fraction of sp³-hybridized carbons (Fsp3) is 0. The van der Waals surface area contributed by atoms with Gasteiger partial charge >= 0.3 is 5.82 Å². The largest absolute Gasteiger partial charge is 0.329 e. The van der Waals surface area contributed by atoms with E-state index in [4.69, 9.17) is 4.98 Å². The molecule has 0 bridgehead atoms. The lowest BCUT2D eigenvalue weighted by Gasteiger charge is -2.09. The number of H-pyrrole nitrogens is 1. The molecule has 0 spiro atoms. The zero-order chi connectivity index (χ0) is 28.6. The quantitative estimate of drug-likeness (QED) is 0.210. The molecule has 3 nitrogen and oxygen atoms in total. The van der Waals surface area contributed by atoms with Crippen molar-refractivity contribution in [2.24, 2.45) is 0 Å². The summed E-state index contributed by atoms with van der Waals surface area (Å²) in [6.45, 7) is 0. The summed E-state index contributed by atoms with van der Waals surface area (Å²) in [6.07, 6.45) is 0. The van der Waals surface area contributed by atoms with Gasteiger partial charge in [0, 0.05) is 33.7 Å². The molecule has 0 radical (unpaired) electrons. The van der Waals surface area contributed by atoms with Crippen molar-refractivity contribution >= 4 is 21.8 Å². The van der Waals surface area contributed by atoms with Crippen LogP contribution in [0.4, 0.5) is 0 Å². The van der Waals surface area contributed by atoms with Gasteiger partial charge in [-0.3, -0.25) is 0 Å². The second kappa shape index (κ2) is 10.6. The first kappa shape index (κ1) is 25.0. The number of hydrogen-bond acceptors (Lipinski definition) is 1. The molecule has 0 aliphatic heterocycles. The molecule has 2 heterocycles. The summed E-state index contributed by atoms with van der Waals surface area (Å²) in [4.78, 5) is 8.62. The predicted octanol–water partition coefficient (Wildman–Crippen LogP) is 9.66. The van der Waals surface area contributed by atoms with Crippen LogP contribution in [0, 0.1) is 0 Å². The molecule has 0 amide bonds. The zero-order valence-electron chi connectivity index (χ0n) is 23.5. The first-order chi connectivity index (χ1) is 21.3. The van der Waals surface area contributed by atoms with Crippen LogP contribution < -0.4 is 4.98 Å². The Kier molecular flexibility index (Phi) is 6.12. The summed E-state index contributed by atoms with van der Waals surface area (Å²) in [5.41, 5.74) is 11.2. The van der Waals surface area contributed by atoms with E-state index in [2.05, 4.69) is 161 Å². The van der Waals surface area contributed by atoms with Crippen molar-refractivity contribution in [2.75, 3.05) is 0 Å². The van der Waals surface area contributed by atoms with Crippen LogP contribution in [0.3, 0.4) is 0 Å². The standard InChI is InChI=1S/C40H27N3/c1-3-11-30(12-4-1)36-27-37(31-13-5-2-6-14-31)42-40(41-36)32-21-19-28(20-22-32)29-23-25-33(26-24-29)43-38-17-9-7-15-34(38)35-16-8-10-18-39(35)43/h1-27H/p+1. The summed E-state index contributed by atoms with van der Waals surface area (Å²) in [5.74, 6) is 0.841. The third kappa shape index (κ3) is 4.58. The topological polar surface area (TPSA) is 32.0 Å². The van der Waals surface area contributed by atoms with E-state index in [-0.39, 0.29) is 0 Å². The molecule has 0 aliphatic carbocycles. The SMILES string of the molecule is c1ccc(-c2cc(-c3ccccc3)[nH+]c(-c3ccc(-c4ccc(-n5c6ccccc6c6ccccc65)cc4)cc3)n2)cc1. The fourth-order valence-corrected chi connectivity index (χ4v) is 5.97. The molecule has 202 valence electrons. The van der Waals surface area contributed by atoms with Crippen LogP contribution in [-0.2, 0) is 0 Å². The number of nitrogens with one attached hydrogen (secondary N) is 1. The van der Waals surface area contributed by atoms with Crippen LogP contribution in [0.5, 0.6) is 0 Å². The number of fused-ring (bicyclic) bond motifs is 3. The number of nitrogens with zero attached hydrogens (tertiary/aromatic N) is 2. The molecule has 6 aromatic carbocycles. The minimum absolute atomic E-state index is 0.841. The van der Waals surface area contributed by atoms with E-state index in [9.17, 15) is 0 Å². The Bertz CT molecular complexity index is 2090. The van der Waals surface area contributed by atoms with Crippen molar-refractivity contribution in [1.82, 2.24) is 9.55 Å². The van der Waals surface area contributed by atoms with E-state index in [1.165, 1.54) is 32.9 Å². The predicted molar refractivity (Wildman–Crippen MR) is 177 cm³/mol. The van der Waals surface area contributed by atoms with Crippen LogP contribution in [-0.4, -0.2) is 9.55 Å². The Hall–Kier alpha value is -5.80. The third-order valence-corrected chi connectivity index (χ3v) is 8.12. The summed E-state index contributed by atoms with van der Waals surface area (Å²) in [7, 11) is 0. The first-order valence-electron chi connectivity index (χ1n) is 14.6. The molecule has 8 aromatic rings.